The second kappa shape index (κ2) is 21.2. The van der Waals surface area contributed by atoms with Crippen LogP contribution in [-0.2, 0) is 4.79 Å². The molecule has 2 heterocycles. The first-order chi connectivity index (χ1) is 28.4. The molecule has 0 radical (unpaired) electrons. The number of halogens is 1. The van der Waals surface area contributed by atoms with E-state index in [9.17, 15) is 14.0 Å². The van der Waals surface area contributed by atoms with Gasteiger partial charge in [0.25, 0.3) is 0 Å². The summed E-state index contributed by atoms with van der Waals surface area (Å²) in [6.45, 7) is 10.5. The van der Waals surface area contributed by atoms with Gasteiger partial charge < -0.3 is 36.2 Å². The third-order valence-corrected chi connectivity index (χ3v) is 8.05. The molecule has 2 aromatic heterocycles. The number of ketones is 1. The number of aryl methyl sites for hydroxylation is 1. The van der Waals surface area contributed by atoms with E-state index in [1.165, 1.54) is 6.08 Å². The summed E-state index contributed by atoms with van der Waals surface area (Å²) in [6, 6.07) is 31.3. The highest BCUT2D eigenvalue weighted by atomic mass is 19.1. The summed E-state index contributed by atoms with van der Waals surface area (Å²) in [5.41, 5.74) is 6.04. The molecule has 0 unspecified atom stereocenters. The van der Waals surface area contributed by atoms with Gasteiger partial charge >= 0.3 is 0 Å². The maximum atomic E-state index is 14.3. The van der Waals surface area contributed by atoms with E-state index < -0.39 is 5.82 Å². The van der Waals surface area contributed by atoms with E-state index in [0.29, 0.717) is 46.7 Å². The molecule has 0 aliphatic heterocycles. The van der Waals surface area contributed by atoms with E-state index in [1.54, 1.807) is 36.5 Å². The van der Waals surface area contributed by atoms with E-state index in [1.807, 2.05) is 119 Å². The Labute approximate surface area is 343 Å². The van der Waals surface area contributed by atoms with Gasteiger partial charge in [-0.05, 0) is 102 Å². The number of nitrogens with one attached hydrogen (secondary N) is 5. The van der Waals surface area contributed by atoms with E-state index >= 15 is 0 Å². The fraction of sp³-hybridized carbons (Fsp3) is 0.156. The molecule has 6 rings (SSSR count). The van der Waals surface area contributed by atoms with Crippen molar-refractivity contribution in [2.45, 2.75) is 20.8 Å². The summed E-state index contributed by atoms with van der Waals surface area (Å²) in [6.07, 6.45) is 5.65. The summed E-state index contributed by atoms with van der Waals surface area (Å²) >= 11 is 0. The molecule has 0 atom stereocenters. The van der Waals surface area contributed by atoms with Crippen LogP contribution in [0, 0.1) is 12.7 Å². The van der Waals surface area contributed by atoms with Crippen molar-refractivity contribution in [1.29, 1.82) is 0 Å². The first-order valence-corrected chi connectivity index (χ1v) is 18.6. The second-order valence-corrected chi connectivity index (χ2v) is 13.6. The first kappa shape index (κ1) is 42.7. The molecule has 302 valence electrons. The molecule has 0 fully saturated rings. The van der Waals surface area contributed by atoms with Gasteiger partial charge in [0.05, 0.1) is 6.20 Å². The summed E-state index contributed by atoms with van der Waals surface area (Å²) in [5.74, 6) is 1.15. The Kier molecular flexibility index (Phi) is 15.3. The van der Waals surface area contributed by atoms with Crippen LogP contribution in [0.5, 0.6) is 5.75 Å². The number of hydrogen-bond acceptors (Lipinski definition) is 12. The fourth-order valence-corrected chi connectivity index (χ4v) is 5.17. The molecule has 0 saturated heterocycles. The van der Waals surface area contributed by atoms with Crippen molar-refractivity contribution in [2.75, 3.05) is 53.8 Å². The van der Waals surface area contributed by atoms with Gasteiger partial charge in [0.1, 0.15) is 18.2 Å². The van der Waals surface area contributed by atoms with Crippen LogP contribution >= 0.6 is 0 Å². The highest BCUT2D eigenvalue weighted by molar-refractivity contribution is 6.05. The van der Waals surface area contributed by atoms with Crippen LogP contribution in [0.25, 0.3) is 0 Å². The number of carbonyl (C=O) groups excluding carboxylic acids is 2. The first-order valence-electron chi connectivity index (χ1n) is 18.6. The SMILES string of the molecule is C=CC(=O)Nc1cccc(Nc2nc(Nc3cccc(OCCN(C)C)c3)ncc2F)c1.CC(C)=CC(=O)c1cccc(Nc2nc(Nc3ccccc3)ncc2C)c1. The van der Waals surface area contributed by atoms with Crippen molar-refractivity contribution in [3.8, 4) is 5.75 Å². The van der Waals surface area contributed by atoms with Crippen LogP contribution in [0.15, 0.2) is 140 Å². The number of amides is 1. The predicted molar refractivity (Wildman–Crippen MR) is 234 cm³/mol. The van der Waals surface area contributed by atoms with Crippen molar-refractivity contribution in [3.63, 3.8) is 0 Å². The topological polar surface area (TPSA) is 158 Å². The molecule has 0 saturated carbocycles. The average Bonchev–Trinajstić information content (AvgIpc) is 3.21. The van der Waals surface area contributed by atoms with Crippen molar-refractivity contribution >= 4 is 63.7 Å². The lowest BCUT2D eigenvalue weighted by atomic mass is 10.1. The highest BCUT2D eigenvalue weighted by Gasteiger charge is 2.11. The number of rotatable bonds is 16. The molecule has 0 aliphatic carbocycles. The second-order valence-electron chi connectivity index (χ2n) is 13.6. The van der Waals surface area contributed by atoms with Crippen molar-refractivity contribution in [1.82, 2.24) is 24.8 Å². The number of allylic oxidation sites excluding steroid dienone is 2. The maximum absolute atomic E-state index is 14.3. The number of hydrogen-bond donors (Lipinski definition) is 5. The molecule has 4 aromatic carbocycles. The van der Waals surface area contributed by atoms with Gasteiger partial charge in [0.15, 0.2) is 17.4 Å². The summed E-state index contributed by atoms with van der Waals surface area (Å²) in [5, 5.41) is 15.1. The Morgan fingerprint density at radius 2 is 1.32 bits per heavy atom. The molecule has 0 bridgehead atoms. The van der Waals surface area contributed by atoms with E-state index in [0.717, 1.165) is 35.3 Å². The number of ether oxygens (including phenoxy) is 1. The van der Waals surface area contributed by atoms with Gasteiger partial charge in [-0.15, -0.1) is 0 Å². The number of benzene rings is 4. The van der Waals surface area contributed by atoms with E-state index in [4.69, 9.17) is 4.74 Å². The lowest BCUT2D eigenvalue weighted by Gasteiger charge is -2.13. The highest BCUT2D eigenvalue weighted by Crippen LogP contribution is 2.25. The van der Waals surface area contributed by atoms with Crippen LogP contribution < -0.4 is 31.3 Å². The van der Waals surface area contributed by atoms with Gasteiger partial charge in [-0.3, -0.25) is 9.59 Å². The molecular formula is C45H47FN10O3. The molecule has 59 heavy (non-hydrogen) atoms. The number of aromatic nitrogens is 4. The van der Waals surface area contributed by atoms with Crippen LogP contribution in [0.3, 0.4) is 0 Å². The van der Waals surface area contributed by atoms with Gasteiger partial charge in [0.2, 0.25) is 17.8 Å². The monoisotopic (exact) mass is 794 g/mol. The molecule has 14 heteroatoms. The molecule has 5 N–H and O–H groups in total. The van der Waals surface area contributed by atoms with Crippen molar-refractivity contribution < 1.29 is 18.7 Å². The van der Waals surface area contributed by atoms with Crippen LogP contribution in [-0.4, -0.2) is 63.8 Å². The Morgan fingerprint density at radius 1 is 0.729 bits per heavy atom. The number of likely N-dealkylation sites (N-methyl/N-ethyl adjacent to an activating group) is 1. The zero-order valence-corrected chi connectivity index (χ0v) is 33.6. The number of anilines is 9. The minimum absolute atomic E-state index is 0.00640. The molecule has 0 aliphatic rings. The smallest absolute Gasteiger partial charge is 0.247 e. The zero-order valence-electron chi connectivity index (χ0n) is 33.6. The quantitative estimate of drug-likeness (QED) is 0.0468. The molecule has 6 aromatic rings. The van der Waals surface area contributed by atoms with Gasteiger partial charge in [0, 0.05) is 58.4 Å². The van der Waals surface area contributed by atoms with Crippen molar-refractivity contribution in [3.05, 3.63) is 157 Å². The third kappa shape index (κ3) is 13.9. The van der Waals surface area contributed by atoms with Crippen LogP contribution in [0.2, 0.25) is 0 Å². The Balaban J connectivity index is 0.000000227. The number of carbonyl (C=O) groups is 2. The van der Waals surface area contributed by atoms with E-state index in [-0.39, 0.29) is 23.5 Å². The standard InChI is InChI=1S/C23H25FN6O2.C22H22N4O/c1-4-21(31)26-16-7-5-8-17(13-16)27-22-20(24)15-25-23(29-22)28-18-9-6-10-19(14-18)32-12-11-30(2)3;1-15(2)12-20(27)17-8-7-11-19(13-17)24-21-16(3)14-23-22(26-21)25-18-9-5-4-6-10-18/h4-10,13-15H,1,11-12H2,2-3H3,(H,26,31)(H2,25,27,28,29);4-14H,1-3H3,(H2,23,24,25,26). The molecule has 0 spiro atoms. The Hall–Kier alpha value is -7.45. The predicted octanol–water partition coefficient (Wildman–Crippen LogP) is 9.59. The molecule has 1 amide bonds. The fourth-order valence-electron chi connectivity index (χ4n) is 5.17. The van der Waals surface area contributed by atoms with Gasteiger partial charge in [-0.2, -0.15) is 9.97 Å². The number of nitrogens with zero attached hydrogens (tertiary/aromatic N) is 5. The Morgan fingerprint density at radius 3 is 2.03 bits per heavy atom. The summed E-state index contributed by atoms with van der Waals surface area (Å²) in [7, 11) is 3.96. The minimum Gasteiger partial charge on any atom is -0.492 e. The average molecular weight is 795 g/mol. The van der Waals surface area contributed by atoms with Gasteiger partial charge in [-0.1, -0.05) is 54.6 Å². The molecule has 13 nitrogen and oxygen atoms in total. The Bertz CT molecular complexity index is 2400. The lowest BCUT2D eigenvalue weighted by molar-refractivity contribution is -0.111. The normalized spacial score (nSPS) is 10.4. The van der Waals surface area contributed by atoms with E-state index in [2.05, 4.69) is 53.1 Å². The third-order valence-electron chi connectivity index (χ3n) is 8.05. The van der Waals surface area contributed by atoms with Crippen molar-refractivity contribution in [2.24, 2.45) is 0 Å². The summed E-state index contributed by atoms with van der Waals surface area (Å²) in [4.78, 5) is 42.9. The van der Waals surface area contributed by atoms with Gasteiger partial charge in [-0.25, -0.2) is 14.4 Å². The number of para-hydroxylation sites is 1. The van der Waals surface area contributed by atoms with Crippen LogP contribution in [0.4, 0.5) is 56.4 Å². The molecular weight excluding hydrogens is 748 g/mol. The zero-order chi connectivity index (χ0) is 42.1. The summed E-state index contributed by atoms with van der Waals surface area (Å²) < 4.78 is 20.0. The van der Waals surface area contributed by atoms with Crippen LogP contribution in [0.1, 0.15) is 29.8 Å². The minimum atomic E-state index is -0.614. The lowest BCUT2D eigenvalue weighted by Crippen LogP contribution is -2.19. The largest absolute Gasteiger partial charge is 0.492 e. The maximum Gasteiger partial charge on any atom is 0.247 e.